The molecule has 1 fully saturated rings. The van der Waals surface area contributed by atoms with E-state index in [0.717, 1.165) is 13.0 Å². The summed E-state index contributed by atoms with van der Waals surface area (Å²) in [5.74, 6) is 0. The molecule has 1 saturated heterocycles. The Labute approximate surface area is 78.4 Å². The Balaban J connectivity index is 1.91. The van der Waals surface area contributed by atoms with E-state index in [1.807, 2.05) is 11.1 Å². The summed E-state index contributed by atoms with van der Waals surface area (Å²) in [6, 6.07) is 10.4. The van der Waals surface area contributed by atoms with Gasteiger partial charge in [-0.05, 0) is 12.0 Å². The van der Waals surface area contributed by atoms with Crippen molar-refractivity contribution < 1.29 is 4.84 Å². The van der Waals surface area contributed by atoms with Crippen molar-refractivity contribution in [3.63, 3.8) is 0 Å². The van der Waals surface area contributed by atoms with Gasteiger partial charge in [-0.3, -0.25) is 9.90 Å². The topological polar surface area (TPSA) is 12.2 Å². The first-order valence-corrected chi connectivity index (χ1v) is 4.45. The van der Waals surface area contributed by atoms with Gasteiger partial charge in [0.15, 0.2) is 0 Å². The fourth-order valence-corrected chi connectivity index (χ4v) is 1.31. The van der Waals surface area contributed by atoms with Gasteiger partial charge in [0.2, 0.25) is 0 Å². The molecule has 2 nitrogen and oxygen atoms in total. The van der Waals surface area contributed by atoms with Crippen LogP contribution in [0.4, 0.5) is 0 Å². The van der Waals surface area contributed by atoms with Crippen LogP contribution in [0.5, 0.6) is 0 Å². The molecule has 0 saturated carbocycles. The number of hydroxylamine groups is 2. The highest BCUT2D eigenvalue weighted by Crippen LogP contribution is 2.21. The summed E-state index contributed by atoms with van der Waals surface area (Å²) in [7, 11) is 1.70. The third-order valence-electron chi connectivity index (χ3n) is 2.16. The zero-order chi connectivity index (χ0) is 9.10. The maximum atomic E-state index is 5.03. The van der Waals surface area contributed by atoms with E-state index in [0.29, 0.717) is 0 Å². The molecule has 2 heteroatoms. The van der Waals surface area contributed by atoms with Crippen LogP contribution in [0.1, 0.15) is 5.56 Å². The van der Waals surface area contributed by atoms with E-state index < -0.39 is 0 Å². The lowest BCUT2D eigenvalue weighted by Crippen LogP contribution is -1.89. The van der Waals surface area contributed by atoms with Crippen LogP contribution in [0.25, 0.3) is 0 Å². The Morgan fingerprint density at radius 3 is 2.77 bits per heavy atom. The lowest BCUT2D eigenvalue weighted by atomic mass is 10.1. The van der Waals surface area contributed by atoms with Gasteiger partial charge >= 0.3 is 0 Å². The van der Waals surface area contributed by atoms with Crippen LogP contribution in [0.2, 0.25) is 0 Å². The Hall–Kier alpha value is -1.28. The van der Waals surface area contributed by atoms with Crippen molar-refractivity contribution in [3.8, 4) is 0 Å². The lowest BCUT2D eigenvalue weighted by Gasteiger charge is -1.94. The number of benzene rings is 1. The first kappa shape index (κ1) is 8.32. The van der Waals surface area contributed by atoms with Crippen LogP contribution < -0.4 is 0 Å². The highest BCUT2D eigenvalue weighted by atomic mass is 16.7. The Kier molecular flexibility index (Phi) is 2.32. The van der Waals surface area contributed by atoms with Crippen molar-refractivity contribution >= 4 is 0 Å². The molecular formula is C11H13NO. The minimum Gasteiger partial charge on any atom is -0.277 e. The third-order valence-corrected chi connectivity index (χ3v) is 2.16. The molecule has 1 aromatic carbocycles. The van der Waals surface area contributed by atoms with Crippen LogP contribution >= 0.6 is 0 Å². The van der Waals surface area contributed by atoms with E-state index in [-0.39, 0.29) is 0 Å². The van der Waals surface area contributed by atoms with Gasteiger partial charge in [0.05, 0.1) is 19.4 Å². The molecule has 0 radical (unpaired) electrons. The van der Waals surface area contributed by atoms with Gasteiger partial charge in [0.25, 0.3) is 0 Å². The van der Waals surface area contributed by atoms with E-state index in [2.05, 4.69) is 30.3 Å². The summed E-state index contributed by atoms with van der Waals surface area (Å²) in [6.45, 7) is 0.962. The molecule has 2 rings (SSSR count). The number of hydrogen-bond acceptors (Lipinski definition) is 2. The van der Waals surface area contributed by atoms with Crippen molar-refractivity contribution in [1.82, 2.24) is 5.06 Å². The second kappa shape index (κ2) is 3.62. The number of nitrogens with zero attached hydrogens (tertiary/aromatic N) is 1. The molecule has 0 N–H and O–H groups in total. The summed E-state index contributed by atoms with van der Waals surface area (Å²) in [6.07, 6.45) is 3.20. The summed E-state index contributed by atoms with van der Waals surface area (Å²) < 4.78 is 0. The summed E-state index contributed by atoms with van der Waals surface area (Å²) in [5.41, 5.74) is 2.63. The predicted octanol–water partition coefficient (Wildman–Crippen LogP) is 1.99. The summed E-state index contributed by atoms with van der Waals surface area (Å²) in [4.78, 5) is 5.03. The Morgan fingerprint density at radius 2 is 2.15 bits per heavy atom. The molecule has 0 bridgehead atoms. The minimum absolute atomic E-state index is 0.962. The van der Waals surface area contributed by atoms with Gasteiger partial charge in [-0.25, -0.2) is 0 Å². The van der Waals surface area contributed by atoms with E-state index >= 15 is 0 Å². The van der Waals surface area contributed by atoms with Crippen LogP contribution in [0.3, 0.4) is 0 Å². The summed E-state index contributed by atoms with van der Waals surface area (Å²) >= 11 is 0. The molecule has 68 valence electrons. The first-order valence-electron chi connectivity index (χ1n) is 4.45. The maximum Gasteiger partial charge on any atom is 0.0872 e. The van der Waals surface area contributed by atoms with E-state index in [1.165, 1.54) is 11.3 Å². The largest absolute Gasteiger partial charge is 0.277 e. The number of hydrogen-bond donors (Lipinski definition) is 0. The highest BCUT2D eigenvalue weighted by molar-refractivity contribution is 5.22. The van der Waals surface area contributed by atoms with Crippen LogP contribution in [0, 0.1) is 0 Å². The molecule has 0 unspecified atom stereocenters. The van der Waals surface area contributed by atoms with Gasteiger partial charge in [0, 0.05) is 0 Å². The molecule has 0 atom stereocenters. The molecule has 0 aromatic heterocycles. The Morgan fingerprint density at radius 1 is 1.38 bits per heavy atom. The van der Waals surface area contributed by atoms with E-state index in [9.17, 15) is 0 Å². The third kappa shape index (κ3) is 2.10. The van der Waals surface area contributed by atoms with Gasteiger partial charge < -0.3 is 0 Å². The van der Waals surface area contributed by atoms with Crippen molar-refractivity contribution in [2.24, 2.45) is 0 Å². The van der Waals surface area contributed by atoms with Gasteiger partial charge in [-0.15, -0.1) is 0 Å². The van der Waals surface area contributed by atoms with Gasteiger partial charge in [0.1, 0.15) is 0 Å². The van der Waals surface area contributed by atoms with E-state index in [4.69, 9.17) is 4.84 Å². The molecule has 1 aliphatic heterocycles. The molecule has 1 heterocycles. The second-order valence-electron chi connectivity index (χ2n) is 3.10. The predicted molar refractivity (Wildman–Crippen MR) is 51.9 cm³/mol. The average molecular weight is 175 g/mol. The van der Waals surface area contributed by atoms with Crippen molar-refractivity contribution in [3.05, 3.63) is 47.7 Å². The lowest BCUT2D eigenvalue weighted by molar-refractivity contribution is -0.0134. The average Bonchev–Trinajstić information content (AvgIpc) is 2.95. The zero-order valence-electron chi connectivity index (χ0n) is 7.73. The normalized spacial score (nSPS) is 17.9. The molecular weight excluding hydrogens is 162 g/mol. The smallest absolute Gasteiger partial charge is 0.0872 e. The van der Waals surface area contributed by atoms with Crippen LogP contribution in [0.15, 0.2) is 42.1 Å². The van der Waals surface area contributed by atoms with E-state index in [1.54, 1.807) is 7.11 Å². The van der Waals surface area contributed by atoms with Gasteiger partial charge in [-0.1, -0.05) is 36.4 Å². The Bertz CT molecular complexity index is 305. The fraction of sp³-hybridized carbons (Fsp3) is 0.273. The van der Waals surface area contributed by atoms with Crippen molar-refractivity contribution in [2.75, 3.05) is 13.7 Å². The van der Waals surface area contributed by atoms with Crippen LogP contribution in [-0.4, -0.2) is 18.7 Å². The van der Waals surface area contributed by atoms with Crippen LogP contribution in [-0.2, 0) is 11.3 Å². The van der Waals surface area contributed by atoms with Crippen molar-refractivity contribution in [1.29, 1.82) is 0 Å². The molecule has 1 aliphatic rings. The first-order chi connectivity index (χ1) is 6.40. The monoisotopic (exact) mass is 175 g/mol. The molecule has 0 aliphatic carbocycles. The maximum absolute atomic E-state index is 5.03. The quantitative estimate of drug-likeness (QED) is 0.651. The fourth-order valence-electron chi connectivity index (χ4n) is 1.31. The number of allylic oxidation sites excluding steroid dienone is 1. The molecule has 0 spiro atoms. The summed E-state index contributed by atoms with van der Waals surface area (Å²) in [5, 5.41) is 1.88. The van der Waals surface area contributed by atoms with Crippen molar-refractivity contribution in [2.45, 2.75) is 6.42 Å². The molecule has 1 aromatic rings. The molecule has 13 heavy (non-hydrogen) atoms. The second-order valence-corrected chi connectivity index (χ2v) is 3.10. The standard InChI is InChI=1S/C11H13NO/c1-13-12-9-11(12)8-7-10-5-3-2-4-6-10/h2-6,8H,7,9H2,1H3/b11-8+. The zero-order valence-corrected chi connectivity index (χ0v) is 7.73. The van der Waals surface area contributed by atoms with Gasteiger partial charge in [-0.2, -0.15) is 0 Å². The SMILES string of the molecule is CON1C/C1=C\Cc1ccccc1. The number of rotatable bonds is 3. The molecule has 0 amide bonds. The minimum atomic E-state index is 0.962. The highest BCUT2D eigenvalue weighted by Gasteiger charge is 2.24.